The Bertz CT molecular complexity index is 30.3. The summed E-state index contributed by atoms with van der Waals surface area (Å²) in [6.45, 7) is 18.0. The molecule has 0 aliphatic rings. The Morgan fingerprint density at radius 3 is 0.556 bits per heavy atom. The Morgan fingerprint density at radius 1 is 0.556 bits per heavy atom. The molecular weight excluding hydrogens is 168 g/mol. The van der Waals surface area contributed by atoms with Crippen molar-refractivity contribution in [1.29, 1.82) is 0 Å². The van der Waals surface area contributed by atoms with E-state index in [1.165, 1.54) is 0 Å². The van der Waals surface area contributed by atoms with Gasteiger partial charge in [0.25, 0.3) is 27.2 Å². The molecule has 0 spiro atoms. The largest absolute Gasteiger partial charge is 3.00 e. The van der Waals surface area contributed by atoms with E-state index >= 15 is 0 Å². The fraction of sp³-hybridized carbons (Fsp3) is 0. The zero-order valence-corrected chi connectivity index (χ0v) is 5.09. The summed E-state index contributed by atoms with van der Waals surface area (Å²) in [5.74, 6) is 0. The molecule has 0 saturated carbocycles. The minimum Gasteiger partial charge on any atom is -1.00 e. The second-order valence-electron chi connectivity index (χ2n) is 0. The summed E-state index contributed by atoms with van der Waals surface area (Å²) in [4.78, 5) is 30.0. The van der Waals surface area contributed by atoms with E-state index in [4.69, 9.17) is 19.2 Å². The van der Waals surface area contributed by atoms with Crippen LogP contribution in [0.3, 0.4) is 0 Å². The van der Waals surface area contributed by atoms with Crippen molar-refractivity contribution >= 4 is 27.2 Å². The summed E-state index contributed by atoms with van der Waals surface area (Å²) in [6, 6.07) is 0. The summed E-state index contributed by atoms with van der Waals surface area (Å²) in [6.07, 6.45) is 0. The third-order valence-corrected chi connectivity index (χ3v) is 0. The van der Waals surface area contributed by atoms with E-state index in [1.54, 1.807) is 0 Å². The van der Waals surface area contributed by atoms with Crippen LogP contribution >= 0.6 is 0 Å². The molecule has 0 heterocycles. The zero-order chi connectivity index (χ0) is 8.00. The maximum absolute atomic E-state index is 7.50. The van der Waals surface area contributed by atoms with E-state index in [-0.39, 0.29) is 21.3 Å². The molecule has 0 rings (SSSR count). The third kappa shape index (κ3) is 304. The fourth-order valence-electron chi connectivity index (χ4n) is 0. The molecule has 9 radical (unpaired) electrons. The van der Waals surface area contributed by atoms with Gasteiger partial charge in [-0.2, -0.15) is 0 Å². The molecule has 0 atom stereocenters. The van der Waals surface area contributed by atoms with Crippen LogP contribution in [0.4, 0.5) is 0 Å². The molecule has 0 aromatic carbocycles. The summed E-state index contributed by atoms with van der Waals surface area (Å²) < 4.78 is 0. The molecule has 5 heteroatoms. The van der Waals surface area contributed by atoms with Crippen LogP contribution in [-0.4, -0.2) is 27.2 Å². The molecule has 0 N–H and O–H groups in total. The van der Waals surface area contributed by atoms with Crippen LogP contribution in [0.1, 0.15) is 4.28 Å². The summed E-state index contributed by atoms with van der Waals surface area (Å²) in [5.41, 5.74) is 0. The second kappa shape index (κ2) is 432. The molecule has 0 aromatic heterocycles. The molecule has 0 amide bonds. The Kier molecular flexibility index (Phi) is 1990. The van der Waals surface area contributed by atoms with E-state index in [2.05, 4.69) is 27.2 Å². The zero-order valence-electron chi connectivity index (χ0n) is 6.99. The van der Waals surface area contributed by atoms with Crippen molar-refractivity contribution in [3.8, 4) is 0 Å². The van der Waals surface area contributed by atoms with Crippen molar-refractivity contribution in [2.24, 2.45) is 0 Å². The summed E-state index contributed by atoms with van der Waals surface area (Å²) in [5, 5.41) is 0. The molecule has 0 unspecified atom stereocenters. The summed E-state index contributed by atoms with van der Waals surface area (Å²) >= 11 is 0. The summed E-state index contributed by atoms with van der Waals surface area (Å²) in [7, 11) is 0. The van der Waals surface area contributed by atoms with Crippen molar-refractivity contribution in [2.45, 2.75) is 0 Å². The quantitative estimate of drug-likeness (QED) is 0.427. The number of hydrogen-bond donors (Lipinski definition) is 0. The monoisotopic (exact) mass is 171 g/mol. The molecule has 9 heavy (non-hydrogen) atoms. The molecule has 4 nitrogen and oxygen atoms in total. The molecule has 0 aliphatic carbocycles. The fourth-order valence-corrected chi connectivity index (χ4v) is 0. The van der Waals surface area contributed by atoms with Gasteiger partial charge >= 0.3 is 17.1 Å². The van der Waals surface area contributed by atoms with E-state index in [0.717, 1.165) is 0 Å². The number of hydrogen-bond acceptors (Lipinski definition) is 4. The molecule has 0 saturated heterocycles. The van der Waals surface area contributed by atoms with Gasteiger partial charge in [0, 0.05) is 0 Å². The van der Waals surface area contributed by atoms with Crippen molar-refractivity contribution < 1.29 is 40.5 Å². The van der Waals surface area contributed by atoms with Crippen molar-refractivity contribution in [2.75, 3.05) is 0 Å². The smallest absolute Gasteiger partial charge is 1.00 e. The first-order valence-corrected chi connectivity index (χ1v) is 0.816. The first-order valence-electron chi connectivity index (χ1n) is 0.816. The standard InChI is InChI=1S/4CO.Fe.3H/c4*1-2;;;;/q;;;;+3;3*-1. The van der Waals surface area contributed by atoms with Gasteiger partial charge in [-0.3, -0.25) is 19.2 Å². The van der Waals surface area contributed by atoms with E-state index in [1.807, 2.05) is 0 Å². The first-order chi connectivity index (χ1) is 4.00. The minimum atomic E-state index is 0. The van der Waals surface area contributed by atoms with Gasteiger partial charge in [-0.15, -0.1) is 0 Å². The number of rotatable bonds is 0. The molecular formula is C4H3FeO4. The molecule has 0 bridgehead atoms. The predicted octanol–water partition coefficient (Wildman–Crippen LogP) is -1.25. The Morgan fingerprint density at radius 2 is 0.556 bits per heavy atom. The Balaban J connectivity index is -0.00000000267. The van der Waals surface area contributed by atoms with Crippen LogP contribution in [0.2, 0.25) is 0 Å². The number of carbonyl (C=O) groups excluding carboxylic acids is 4. The van der Waals surface area contributed by atoms with E-state index in [0.29, 0.717) is 0 Å². The van der Waals surface area contributed by atoms with Crippen LogP contribution in [-0.2, 0) is 36.2 Å². The van der Waals surface area contributed by atoms with Crippen molar-refractivity contribution in [3.05, 3.63) is 0 Å². The van der Waals surface area contributed by atoms with Gasteiger partial charge in [-0.05, 0) is 0 Å². The van der Waals surface area contributed by atoms with Gasteiger partial charge < -0.3 is 4.28 Å². The maximum atomic E-state index is 7.50. The van der Waals surface area contributed by atoms with E-state index in [9.17, 15) is 0 Å². The van der Waals surface area contributed by atoms with Gasteiger partial charge in [0.05, 0.1) is 0 Å². The topological polar surface area (TPSA) is 68.3 Å². The van der Waals surface area contributed by atoms with Gasteiger partial charge in [0.1, 0.15) is 0 Å². The molecule has 0 aromatic rings. The van der Waals surface area contributed by atoms with Gasteiger partial charge in [0.2, 0.25) is 0 Å². The van der Waals surface area contributed by atoms with Crippen molar-refractivity contribution in [3.63, 3.8) is 0 Å². The van der Waals surface area contributed by atoms with Crippen LogP contribution in [0.15, 0.2) is 0 Å². The van der Waals surface area contributed by atoms with Crippen LogP contribution in [0, 0.1) is 0 Å². The molecule has 0 fully saturated rings. The molecule has 0 aliphatic heterocycles. The molecule has 51 valence electrons. The van der Waals surface area contributed by atoms with Gasteiger partial charge in [0.15, 0.2) is 0 Å². The average molecular weight is 171 g/mol. The Hall–Kier alpha value is -0.801. The second-order valence-corrected chi connectivity index (χ2v) is 0. The average Bonchev–Trinajstić information content (AvgIpc) is 2.03. The van der Waals surface area contributed by atoms with Crippen LogP contribution in [0.25, 0.3) is 0 Å². The predicted molar refractivity (Wildman–Crippen MR) is 26.1 cm³/mol. The van der Waals surface area contributed by atoms with E-state index < -0.39 is 0 Å². The van der Waals surface area contributed by atoms with Crippen LogP contribution < -0.4 is 0 Å². The third-order valence-electron chi connectivity index (χ3n) is 0. The van der Waals surface area contributed by atoms with Gasteiger partial charge in [-0.25, -0.2) is 0 Å². The SMILES string of the molecule is [C]=O.[C]=O.[C]=O.[C]=O.[Fe+3].[H-].[H-].[H-]. The Labute approximate surface area is 68.5 Å². The maximum Gasteiger partial charge on any atom is 3.00 e. The first kappa shape index (κ1) is 41.5. The normalized spacial score (nSPS) is 1.78. The van der Waals surface area contributed by atoms with Crippen LogP contribution in [0.5, 0.6) is 0 Å². The van der Waals surface area contributed by atoms with Gasteiger partial charge in [-0.1, -0.05) is 0 Å². The van der Waals surface area contributed by atoms with Crippen molar-refractivity contribution in [1.82, 2.24) is 0 Å². The minimum absolute atomic E-state index is 0.